The molecule has 0 spiro atoms. The van der Waals surface area contributed by atoms with Gasteiger partial charge in [-0.1, -0.05) is 11.8 Å². The van der Waals surface area contributed by atoms with Crippen LogP contribution in [0, 0.1) is 0 Å². The Morgan fingerprint density at radius 2 is 2.42 bits per heavy atom. The van der Waals surface area contributed by atoms with Gasteiger partial charge in [0.1, 0.15) is 11.6 Å². The number of rotatable bonds is 6. The summed E-state index contributed by atoms with van der Waals surface area (Å²) in [5.41, 5.74) is 2.59. The number of hydrogen-bond acceptors (Lipinski definition) is 7. The third kappa shape index (κ3) is 3.71. The summed E-state index contributed by atoms with van der Waals surface area (Å²) in [6.45, 7) is 4.74. The maximum absolute atomic E-state index is 5.69. The number of anilines is 2. The Hall–Kier alpha value is -1.05. The number of nitrogen functional groups attached to an aromatic ring is 1. The van der Waals surface area contributed by atoms with E-state index in [0.29, 0.717) is 11.9 Å². The number of likely N-dealkylation sites (N-methyl/N-ethyl adjacent to an activating group) is 1. The highest BCUT2D eigenvalue weighted by atomic mass is 32.2. The van der Waals surface area contributed by atoms with Crippen LogP contribution in [0.25, 0.3) is 0 Å². The molecule has 0 aromatic carbocycles. The SMILES string of the molecule is CCN(CC1CCCO1)c1cc(NN)nc(SC)n1. The normalized spacial score (nSPS) is 18.6. The quantitative estimate of drug-likeness (QED) is 0.354. The van der Waals surface area contributed by atoms with E-state index in [2.05, 4.69) is 27.2 Å². The maximum atomic E-state index is 5.69. The Kier molecular flexibility index (Phi) is 5.24. The molecule has 0 bridgehead atoms. The molecular weight excluding hydrogens is 262 g/mol. The van der Waals surface area contributed by atoms with Gasteiger partial charge in [-0.25, -0.2) is 15.8 Å². The van der Waals surface area contributed by atoms with Crippen molar-refractivity contribution in [1.82, 2.24) is 9.97 Å². The molecule has 19 heavy (non-hydrogen) atoms. The average molecular weight is 283 g/mol. The molecule has 1 fully saturated rings. The van der Waals surface area contributed by atoms with E-state index in [-0.39, 0.29) is 0 Å². The van der Waals surface area contributed by atoms with Crippen LogP contribution < -0.4 is 16.2 Å². The highest BCUT2D eigenvalue weighted by Crippen LogP contribution is 2.22. The van der Waals surface area contributed by atoms with Crippen molar-refractivity contribution in [1.29, 1.82) is 0 Å². The number of nitrogens with one attached hydrogen (secondary N) is 1. The van der Waals surface area contributed by atoms with Crippen LogP contribution in [0.2, 0.25) is 0 Å². The van der Waals surface area contributed by atoms with Crippen molar-refractivity contribution in [3.8, 4) is 0 Å². The van der Waals surface area contributed by atoms with Gasteiger partial charge in [0.2, 0.25) is 0 Å². The topological polar surface area (TPSA) is 76.3 Å². The average Bonchev–Trinajstić information content (AvgIpc) is 2.97. The highest BCUT2D eigenvalue weighted by molar-refractivity contribution is 7.98. The third-order valence-electron chi connectivity index (χ3n) is 3.18. The van der Waals surface area contributed by atoms with E-state index < -0.39 is 0 Å². The molecule has 3 N–H and O–H groups in total. The fourth-order valence-electron chi connectivity index (χ4n) is 2.16. The van der Waals surface area contributed by atoms with Crippen molar-refractivity contribution in [3.05, 3.63) is 6.07 Å². The molecular formula is C12H21N5OS. The highest BCUT2D eigenvalue weighted by Gasteiger charge is 2.20. The van der Waals surface area contributed by atoms with Gasteiger partial charge < -0.3 is 15.1 Å². The van der Waals surface area contributed by atoms with Crippen LogP contribution in [-0.2, 0) is 4.74 Å². The number of ether oxygens (including phenoxy) is 1. The first-order chi connectivity index (χ1) is 9.26. The number of hydrogen-bond donors (Lipinski definition) is 2. The van der Waals surface area contributed by atoms with Gasteiger partial charge in [0.15, 0.2) is 5.16 Å². The standard InChI is InChI=1S/C12H21N5OS/c1-3-17(8-9-5-4-6-18-9)11-7-10(16-13)14-12(15-11)19-2/h7,9H,3-6,8,13H2,1-2H3,(H,14,15,16). The van der Waals surface area contributed by atoms with Gasteiger partial charge in [-0.05, 0) is 26.0 Å². The summed E-state index contributed by atoms with van der Waals surface area (Å²) in [5, 5.41) is 0.719. The minimum absolute atomic E-state index is 0.307. The minimum Gasteiger partial charge on any atom is -0.376 e. The van der Waals surface area contributed by atoms with Crippen molar-refractivity contribution in [2.75, 3.05) is 36.3 Å². The van der Waals surface area contributed by atoms with E-state index in [1.165, 1.54) is 11.8 Å². The predicted octanol–water partition coefficient (Wildman–Crippen LogP) is 1.49. The van der Waals surface area contributed by atoms with Crippen LogP contribution >= 0.6 is 11.8 Å². The van der Waals surface area contributed by atoms with Gasteiger partial charge in [-0.2, -0.15) is 0 Å². The number of aromatic nitrogens is 2. The zero-order valence-electron chi connectivity index (χ0n) is 11.4. The summed E-state index contributed by atoms with van der Waals surface area (Å²) in [6, 6.07) is 1.87. The monoisotopic (exact) mass is 283 g/mol. The van der Waals surface area contributed by atoms with Crippen molar-refractivity contribution in [2.45, 2.75) is 31.0 Å². The molecule has 1 aliphatic heterocycles. The Bertz CT molecular complexity index is 389. The number of hydrazine groups is 1. The molecule has 0 aliphatic carbocycles. The van der Waals surface area contributed by atoms with Crippen molar-refractivity contribution >= 4 is 23.4 Å². The van der Waals surface area contributed by atoms with Gasteiger partial charge in [0, 0.05) is 25.8 Å². The second-order valence-electron chi connectivity index (χ2n) is 4.42. The second-order valence-corrected chi connectivity index (χ2v) is 5.19. The molecule has 0 amide bonds. The van der Waals surface area contributed by atoms with Crippen LogP contribution in [0.3, 0.4) is 0 Å². The Morgan fingerprint density at radius 1 is 1.58 bits per heavy atom. The molecule has 1 aliphatic rings. The smallest absolute Gasteiger partial charge is 0.191 e. The molecule has 2 heterocycles. The van der Waals surface area contributed by atoms with Gasteiger partial charge >= 0.3 is 0 Å². The summed E-state index contributed by atoms with van der Waals surface area (Å²) < 4.78 is 5.69. The molecule has 6 nitrogen and oxygen atoms in total. The van der Waals surface area contributed by atoms with Gasteiger partial charge in [0.25, 0.3) is 0 Å². The van der Waals surface area contributed by atoms with Crippen LogP contribution in [0.1, 0.15) is 19.8 Å². The molecule has 1 saturated heterocycles. The first-order valence-electron chi connectivity index (χ1n) is 6.53. The first kappa shape index (κ1) is 14.4. The molecule has 1 aromatic heterocycles. The summed E-state index contributed by atoms with van der Waals surface area (Å²) in [7, 11) is 0. The predicted molar refractivity (Wildman–Crippen MR) is 78.5 cm³/mol. The molecule has 2 rings (SSSR count). The van der Waals surface area contributed by atoms with E-state index in [1.54, 1.807) is 0 Å². The Labute approximate surface area is 118 Å². The van der Waals surface area contributed by atoms with Crippen LogP contribution in [0.4, 0.5) is 11.6 Å². The van der Waals surface area contributed by atoms with Gasteiger partial charge in [-0.15, -0.1) is 0 Å². The second kappa shape index (κ2) is 6.93. The molecule has 1 aromatic rings. The van der Waals surface area contributed by atoms with Crippen molar-refractivity contribution in [2.24, 2.45) is 5.84 Å². The minimum atomic E-state index is 0.307. The summed E-state index contributed by atoms with van der Waals surface area (Å²) in [6.07, 6.45) is 4.54. The van der Waals surface area contributed by atoms with E-state index in [1.807, 2.05) is 12.3 Å². The summed E-state index contributed by atoms with van der Waals surface area (Å²) >= 11 is 1.51. The van der Waals surface area contributed by atoms with E-state index in [9.17, 15) is 0 Å². The fraction of sp³-hybridized carbons (Fsp3) is 0.667. The van der Waals surface area contributed by atoms with E-state index in [0.717, 1.165) is 43.5 Å². The number of nitrogens with zero attached hydrogens (tertiary/aromatic N) is 3. The molecule has 0 saturated carbocycles. The van der Waals surface area contributed by atoms with Crippen molar-refractivity contribution in [3.63, 3.8) is 0 Å². The largest absolute Gasteiger partial charge is 0.376 e. The van der Waals surface area contributed by atoms with E-state index in [4.69, 9.17) is 10.6 Å². The molecule has 106 valence electrons. The molecule has 1 atom stereocenters. The Morgan fingerprint density at radius 3 is 3.00 bits per heavy atom. The zero-order chi connectivity index (χ0) is 13.7. The van der Waals surface area contributed by atoms with Crippen LogP contribution in [0.5, 0.6) is 0 Å². The zero-order valence-corrected chi connectivity index (χ0v) is 12.2. The van der Waals surface area contributed by atoms with Crippen molar-refractivity contribution < 1.29 is 4.74 Å². The van der Waals surface area contributed by atoms with Gasteiger partial charge in [0.05, 0.1) is 6.10 Å². The Balaban J connectivity index is 2.15. The van der Waals surface area contributed by atoms with Gasteiger partial charge in [-0.3, -0.25) is 0 Å². The third-order valence-corrected chi connectivity index (χ3v) is 3.72. The fourth-order valence-corrected chi connectivity index (χ4v) is 2.53. The lowest BCUT2D eigenvalue weighted by molar-refractivity contribution is 0.115. The summed E-state index contributed by atoms with van der Waals surface area (Å²) in [5.74, 6) is 6.99. The van der Waals surface area contributed by atoms with E-state index >= 15 is 0 Å². The number of thioether (sulfide) groups is 1. The summed E-state index contributed by atoms with van der Waals surface area (Å²) in [4.78, 5) is 11.0. The molecule has 0 radical (unpaired) electrons. The lowest BCUT2D eigenvalue weighted by atomic mass is 10.2. The number of nitrogens with two attached hydrogens (primary N) is 1. The lowest BCUT2D eigenvalue weighted by Crippen LogP contribution is -2.33. The van der Waals surface area contributed by atoms with Crippen LogP contribution in [-0.4, -0.2) is 42.0 Å². The molecule has 7 heteroatoms. The lowest BCUT2D eigenvalue weighted by Gasteiger charge is -2.25. The van der Waals surface area contributed by atoms with Crippen LogP contribution in [0.15, 0.2) is 11.2 Å². The molecule has 1 unspecified atom stereocenters. The maximum Gasteiger partial charge on any atom is 0.191 e. The first-order valence-corrected chi connectivity index (χ1v) is 7.75.